The number of rotatable bonds is 2. The Kier molecular flexibility index (Phi) is 3.48. The molecule has 2 aromatic rings. The molecule has 0 spiro atoms. The molecule has 0 saturated heterocycles. The molecule has 0 aromatic heterocycles. The van der Waals surface area contributed by atoms with Crippen molar-refractivity contribution in [1.82, 2.24) is 5.43 Å². The van der Waals surface area contributed by atoms with Crippen LogP contribution < -0.4 is 5.43 Å². The minimum atomic E-state index is -0.242. The molecule has 1 amide bonds. The number of hydrogen-bond donors (Lipinski definition) is 1. The number of nitrogens with zero attached hydrogens (tertiary/aromatic N) is 1. The lowest BCUT2D eigenvalue weighted by atomic mass is 10.0. The first-order chi connectivity index (χ1) is 11.3. The van der Waals surface area contributed by atoms with Gasteiger partial charge in [-0.25, -0.2) is 5.43 Å². The number of amides is 1. The van der Waals surface area contributed by atoms with Gasteiger partial charge in [0.15, 0.2) is 5.09 Å². The van der Waals surface area contributed by atoms with Gasteiger partial charge in [-0.2, -0.15) is 5.10 Å². The zero-order valence-corrected chi connectivity index (χ0v) is 12.8. The molecule has 0 atom stereocenters. The molecule has 2 aromatic carbocycles. The van der Waals surface area contributed by atoms with Crippen molar-refractivity contribution < 1.29 is 9.53 Å². The van der Waals surface area contributed by atoms with E-state index in [9.17, 15) is 4.79 Å². The SMILES string of the molecule is O=C1NN=C(c2ccccc2)/C1=C1\OC(c2ccccc2)=CS1. The van der Waals surface area contributed by atoms with Gasteiger partial charge in [-0.1, -0.05) is 72.4 Å². The molecular formula is C18H12N2O2S. The summed E-state index contributed by atoms with van der Waals surface area (Å²) >= 11 is 1.40. The van der Waals surface area contributed by atoms with Gasteiger partial charge < -0.3 is 4.74 Å². The fourth-order valence-electron chi connectivity index (χ4n) is 2.41. The lowest BCUT2D eigenvalue weighted by Gasteiger charge is -2.07. The van der Waals surface area contributed by atoms with Crippen molar-refractivity contribution in [2.75, 3.05) is 0 Å². The lowest BCUT2D eigenvalue weighted by Crippen LogP contribution is -2.15. The second-order valence-electron chi connectivity index (χ2n) is 5.00. The van der Waals surface area contributed by atoms with E-state index < -0.39 is 0 Å². The van der Waals surface area contributed by atoms with Crippen LogP contribution in [0.5, 0.6) is 0 Å². The molecule has 112 valence electrons. The molecule has 0 saturated carbocycles. The predicted molar refractivity (Wildman–Crippen MR) is 91.2 cm³/mol. The number of benzene rings is 2. The smallest absolute Gasteiger partial charge is 0.278 e. The van der Waals surface area contributed by atoms with Crippen LogP contribution in [0.25, 0.3) is 5.76 Å². The minimum absolute atomic E-state index is 0.242. The number of nitrogens with one attached hydrogen (secondary N) is 1. The third-order valence-corrected chi connectivity index (χ3v) is 4.35. The van der Waals surface area contributed by atoms with E-state index >= 15 is 0 Å². The second kappa shape index (κ2) is 5.78. The van der Waals surface area contributed by atoms with E-state index in [4.69, 9.17) is 4.74 Å². The largest absolute Gasteiger partial charge is 0.448 e. The summed E-state index contributed by atoms with van der Waals surface area (Å²) in [6.45, 7) is 0. The Hall–Kier alpha value is -2.79. The normalized spacial score (nSPS) is 19.9. The molecule has 1 N–H and O–H groups in total. The van der Waals surface area contributed by atoms with E-state index in [0.29, 0.717) is 16.4 Å². The zero-order valence-electron chi connectivity index (χ0n) is 12.0. The molecule has 4 nitrogen and oxygen atoms in total. The predicted octanol–water partition coefficient (Wildman–Crippen LogP) is 3.49. The van der Waals surface area contributed by atoms with Crippen LogP contribution in [-0.4, -0.2) is 11.6 Å². The number of carbonyl (C=O) groups excluding carboxylic acids is 1. The van der Waals surface area contributed by atoms with E-state index in [0.717, 1.165) is 16.9 Å². The average Bonchev–Trinajstić information content (AvgIpc) is 3.23. The Balaban J connectivity index is 1.68. The molecule has 0 radical (unpaired) electrons. The van der Waals surface area contributed by atoms with E-state index in [-0.39, 0.29) is 5.91 Å². The molecule has 0 fully saturated rings. The minimum Gasteiger partial charge on any atom is -0.448 e. The Bertz CT molecular complexity index is 855. The Labute approximate surface area is 137 Å². The van der Waals surface area contributed by atoms with Crippen LogP contribution in [0.15, 0.2) is 81.8 Å². The van der Waals surface area contributed by atoms with Gasteiger partial charge in [0.1, 0.15) is 17.0 Å². The standard InChI is InChI=1S/C18H12N2O2S/c21-17-15(16(19-20-17)13-9-5-2-6-10-13)18-22-14(11-23-18)12-7-3-1-4-8-12/h1-11H,(H,20,21)/b18-15-. The number of hydrogen-bond acceptors (Lipinski definition) is 4. The molecule has 2 aliphatic heterocycles. The number of hydrazone groups is 1. The average molecular weight is 320 g/mol. The van der Waals surface area contributed by atoms with E-state index in [1.54, 1.807) is 0 Å². The molecule has 0 unspecified atom stereocenters. The highest BCUT2D eigenvalue weighted by molar-refractivity contribution is 8.06. The van der Waals surface area contributed by atoms with Crippen LogP contribution in [0, 0.1) is 0 Å². The number of thioether (sulfide) groups is 1. The maximum Gasteiger partial charge on any atom is 0.278 e. The van der Waals surface area contributed by atoms with Crippen molar-refractivity contribution in [2.24, 2.45) is 5.10 Å². The molecule has 5 heteroatoms. The quantitative estimate of drug-likeness (QED) is 0.862. The molecular weight excluding hydrogens is 308 g/mol. The van der Waals surface area contributed by atoms with Gasteiger partial charge >= 0.3 is 0 Å². The third kappa shape index (κ3) is 2.55. The van der Waals surface area contributed by atoms with Crippen molar-refractivity contribution in [1.29, 1.82) is 0 Å². The van der Waals surface area contributed by atoms with E-state index in [1.807, 2.05) is 66.1 Å². The summed E-state index contributed by atoms with van der Waals surface area (Å²) in [5.74, 6) is 0.499. The molecule has 2 heterocycles. The van der Waals surface area contributed by atoms with E-state index in [1.165, 1.54) is 11.8 Å². The highest BCUT2D eigenvalue weighted by Gasteiger charge is 2.31. The number of carbonyl (C=O) groups is 1. The van der Waals surface area contributed by atoms with Crippen molar-refractivity contribution >= 4 is 29.1 Å². The maximum absolute atomic E-state index is 12.2. The van der Waals surface area contributed by atoms with Crippen LogP contribution in [0.2, 0.25) is 0 Å². The van der Waals surface area contributed by atoms with Crippen molar-refractivity contribution in [3.05, 3.63) is 87.9 Å². The van der Waals surface area contributed by atoms with Crippen LogP contribution in [-0.2, 0) is 9.53 Å². The van der Waals surface area contributed by atoms with Crippen molar-refractivity contribution in [2.45, 2.75) is 0 Å². The first kappa shape index (κ1) is 13.8. The molecule has 0 aliphatic carbocycles. The summed E-state index contributed by atoms with van der Waals surface area (Å²) in [5, 5.41) is 6.62. The van der Waals surface area contributed by atoms with Gasteiger partial charge in [-0.15, -0.1) is 0 Å². The summed E-state index contributed by atoms with van der Waals surface area (Å²) in [6.07, 6.45) is 0. The Morgan fingerprint density at radius 3 is 2.26 bits per heavy atom. The topological polar surface area (TPSA) is 50.7 Å². The summed E-state index contributed by atoms with van der Waals surface area (Å²) < 4.78 is 5.92. The maximum atomic E-state index is 12.2. The highest BCUT2D eigenvalue weighted by Crippen LogP contribution is 2.39. The van der Waals surface area contributed by atoms with Crippen molar-refractivity contribution in [3.8, 4) is 0 Å². The summed E-state index contributed by atoms with van der Waals surface area (Å²) in [7, 11) is 0. The Morgan fingerprint density at radius 1 is 0.913 bits per heavy atom. The molecule has 0 bridgehead atoms. The van der Waals surface area contributed by atoms with Crippen LogP contribution in [0.4, 0.5) is 0 Å². The zero-order chi connectivity index (χ0) is 15.6. The second-order valence-corrected chi connectivity index (χ2v) is 5.84. The van der Waals surface area contributed by atoms with Gasteiger partial charge in [-0.05, 0) is 0 Å². The van der Waals surface area contributed by atoms with E-state index in [2.05, 4.69) is 10.5 Å². The first-order valence-electron chi connectivity index (χ1n) is 7.11. The van der Waals surface area contributed by atoms with Crippen molar-refractivity contribution in [3.63, 3.8) is 0 Å². The summed E-state index contributed by atoms with van der Waals surface area (Å²) in [4.78, 5) is 12.2. The third-order valence-electron chi connectivity index (χ3n) is 3.52. The summed E-state index contributed by atoms with van der Waals surface area (Å²) in [6, 6.07) is 19.4. The lowest BCUT2D eigenvalue weighted by molar-refractivity contribution is -0.116. The fraction of sp³-hybridized carbons (Fsp3) is 0. The molecule has 23 heavy (non-hydrogen) atoms. The van der Waals surface area contributed by atoms with Crippen LogP contribution in [0.3, 0.4) is 0 Å². The van der Waals surface area contributed by atoms with Gasteiger partial charge in [0.25, 0.3) is 5.91 Å². The van der Waals surface area contributed by atoms with Crippen LogP contribution >= 0.6 is 11.8 Å². The highest BCUT2D eigenvalue weighted by atomic mass is 32.2. The summed E-state index contributed by atoms with van der Waals surface area (Å²) in [5.41, 5.74) is 5.47. The molecule has 4 rings (SSSR count). The fourth-order valence-corrected chi connectivity index (χ4v) is 3.26. The molecule has 2 aliphatic rings. The van der Waals surface area contributed by atoms with Gasteiger partial charge in [-0.3, -0.25) is 4.79 Å². The number of ether oxygens (including phenoxy) is 1. The Morgan fingerprint density at radius 2 is 1.57 bits per heavy atom. The van der Waals surface area contributed by atoms with Crippen LogP contribution in [0.1, 0.15) is 11.1 Å². The first-order valence-corrected chi connectivity index (χ1v) is 7.99. The van der Waals surface area contributed by atoms with Gasteiger partial charge in [0, 0.05) is 16.5 Å². The van der Waals surface area contributed by atoms with Gasteiger partial charge in [0.2, 0.25) is 0 Å². The monoisotopic (exact) mass is 320 g/mol. The van der Waals surface area contributed by atoms with Gasteiger partial charge in [0.05, 0.1) is 0 Å².